The van der Waals surface area contributed by atoms with Gasteiger partial charge >= 0.3 is 0 Å². The summed E-state index contributed by atoms with van der Waals surface area (Å²) in [6.07, 6.45) is 9.14. The van der Waals surface area contributed by atoms with Crippen molar-refractivity contribution >= 4 is 10.9 Å². The van der Waals surface area contributed by atoms with Crippen LogP contribution < -0.4 is 5.32 Å². The maximum Gasteiger partial charge on any atom is 0.0486 e. The highest BCUT2D eigenvalue weighted by Crippen LogP contribution is 2.22. The SMILES string of the molecule is C=CCn1cc(CCCCNCCC)c2ccccc21. The van der Waals surface area contributed by atoms with Gasteiger partial charge in [0.2, 0.25) is 0 Å². The molecule has 1 aromatic carbocycles. The number of aromatic nitrogens is 1. The summed E-state index contributed by atoms with van der Waals surface area (Å²) in [5.74, 6) is 0. The van der Waals surface area contributed by atoms with Crippen LogP contribution in [0.5, 0.6) is 0 Å². The van der Waals surface area contributed by atoms with Crippen molar-refractivity contribution in [3.05, 3.63) is 48.7 Å². The number of para-hydroxylation sites is 1. The van der Waals surface area contributed by atoms with Gasteiger partial charge in [-0.05, 0) is 50.4 Å². The number of hydrogen-bond donors (Lipinski definition) is 1. The van der Waals surface area contributed by atoms with E-state index in [1.54, 1.807) is 0 Å². The van der Waals surface area contributed by atoms with Crippen LogP contribution in [-0.4, -0.2) is 17.7 Å². The van der Waals surface area contributed by atoms with Crippen LogP contribution in [0.3, 0.4) is 0 Å². The number of rotatable bonds is 9. The summed E-state index contributed by atoms with van der Waals surface area (Å²) in [4.78, 5) is 0. The molecule has 0 fully saturated rings. The average Bonchev–Trinajstić information content (AvgIpc) is 2.82. The smallest absolute Gasteiger partial charge is 0.0486 e. The van der Waals surface area contributed by atoms with Gasteiger partial charge in [-0.3, -0.25) is 0 Å². The van der Waals surface area contributed by atoms with Gasteiger partial charge < -0.3 is 9.88 Å². The van der Waals surface area contributed by atoms with E-state index in [-0.39, 0.29) is 0 Å². The minimum absolute atomic E-state index is 0.887. The molecule has 0 atom stereocenters. The second kappa shape index (κ2) is 7.91. The Kier molecular flexibility index (Phi) is 5.87. The number of aryl methyl sites for hydroxylation is 1. The van der Waals surface area contributed by atoms with Crippen molar-refractivity contribution in [3.63, 3.8) is 0 Å². The molecule has 0 spiro atoms. The minimum Gasteiger partial charge on any atom is -0.343 e. The topological polar surface area (TPSA) is 17.0 Å². The van der Waals surface area contributed by atoms with E-state index >= 15 is 0 Å². The normalized spacial score (nSPS) is 11.1. The second-order valence-electron chi connectivity index (χ2n) is 5.32. The molecule has 2 aromatic rings. The van der Waals surface area contributed by atoms with Crippen LogP contribution >= 0.6 is 0 Å². The van der Waals surface area contributed by atoms with Gasteiger partial charge in [0.25, 0.3) is 0 Å². The van der Waals surface area contributed by atoms with Crippen molar-refractivity contribution in [1.82, 2.24) is 9.88 Å². The molecule has 0 amide bonds. The number of fused-ring (bicyclic) bond motifs is 1. The highest BCUT2D eigenvalue weighted by Gasteiger charge is 2.06. The maximum absolute atomic E-state index is 3.85. The molecule has 1 heterocycles. The van der Waals surface area contributed by atoms with E-state index in [1.807, 2.05) is 6.08 Å². The van der Waals surface area contributed by atoms with Gasteiger partial charge in [-0.2, -0.15) is 0 Å². The summed E-state index contributed by atoms with van der Waals surface area (Å²) in [6.45, 7) is 9.22. The van der Waals surface area contributed by atoms with Gasteiger partial charge in [0.1, 0.15) is 0 Å². The molecule has 20 heavy (non-hydrogen) atoms. The van der Waals surface area contributed by atoms with Crippen molar-refractivity contribution in [2.45, 2.75) is 39.2 Å². The molecule has 1 aromatic heterocycles. The van der Waals surface area contributed by atoms with Gasteiger partial charge in [0, 0.05) is 23.6 Å². The lowest BCUT2D eigenvalue weighted by molar-refractivity contribution is 0.617. The first-order valence-electron chi connectivity index (χ1n) is 7.75. The Bertz CT molecular complexity index is 539. The van der Waals surface area contributed by atoms with Crippen LogP contribution in [-0.2, 0) is 13.0 Å². The van der Waals surface area contributed by atoms with Crippen molar-refractivity contribution in [1.29, 1.82) is 0 Å². The third-order valence-electron chi connectivity index (χ3n) is 3.67. The average molecular weight is 270 g/mol. The van der Waals surface area contributed by atoms with Gasteiger partial charge in [-0.1, -0.05) is 31.2 Å². The van der Waals surface area contributed by atoms with Crippen LogP contribution in [0, 0.1) is 0 Å². The number of allylic oxidation sites excluding steroid dienone is 1. The molecule has 2 rings (SSSR count). The molecule has 2 nitrogen and oxygen atoms in total. The summed E-state index contributed by atoms with van der Waals surface area (Å²) in [5.41, 5.74) is 2.80. The fourth-order valence-electron chi connectivity index (χ4n) is 2.68. The molecular formula is C18H26N2. The lowest BCUT2D eigenvalue weighted by Gasteiger charge is -2.02. The minimum atomic E-state index is 0.887. The van der Waals surface area contributed by atoms with Crippen molar-refractivity contribution in [2.75, 3.05) is 13.1 Å². The highest BCUT2D eigenvalue weighted by molar-refractivity contribution is 5.84. The fraction of sp³-hybridized carbons (Fsp3) is 0.444. The Morgan fingerprint density at radius 2 is 2.05 bits per heavy atom. The molecule has 1 N–H and O–H groups in total. The Hall–Kier alpha value is -1.54. The van der Waals surface area contributed by atoms with Crippen LogP contribution in [0.4, 0.5) is 0 Å². The van der Waals surface area contributed by atoms with E-state index in [9.17, 15) is 0 Å². The van der Waals surface area contributed by atoms with Gasteiger partial charge in [0.15, 0.2) is 0 Å². The predicted octanol–water partition coefficient (Wildman–Crippen LogP) is 4.15. The van der Waals surface area contributed by atoms with Gasteiger partial charge in [-0.25, -0.2) is 0 Å². The second-order valence-corrected chi connectivity index (χ2v) is 5.32. The molecule has 0 aliphatic carbocycles. The fourth-order valence-corrected chi connectivity index (χ4v) is 2.68. The summed E-state index contributed by atoms with van der Waals surface area (Å²) in [6, 6.07) is 8.68. The predicted molar refractivity (Wildman–Crippen MR) is 88.2 cm³/mol. The Labute approximate surface area is 122 Å². The molecule has 0 aliphatic rings. The molecular weight excluding hydrogens is 244 g/mol. The molecule has 108 valence electrons. The Morgan fingerprint density at radius 3 is 2.85 bits per heavy atom. The Morgan fingerprint density at radius 1 is 1.20 bits per heavy atom. The van der Waals surface area contributed by atoms with Crippen LogP contribution in [0.15, 0.2) is 43.1 Å². The van der Waals surface area contributed by atoms with Gasteiger partial charge in [-0.15, -0.1) is 6.58 Å². The number of hydrogen-bond acceptors (Lipinski definition) is 1. The van der Waals surface area contributed by atoms with E-state index < -0.39 is 0 Å². The van der Waals surface area contributed by atoms with Crippen molar-refractivity contribution in [3.8, 4) is 0 Å². The third kappa shape index (κ3) is 3.73. The van der Waals surface area contributed by atoms with Crippen LogP contribution in [0.2, 0.25) is 0 Å². The zero-order chi connectivity index (χ0) is 14.2. The number of nitrogens with zero attached hydrogens (tertiary/aromatic N) is 1. The van der Waals surface area contributed by atoms with Gasteiger partial charge in [0.05, 0.1) is 0 Å². The molecule has 0 aliphatic heterocycles. The molecule has 0 bridgehead atoms. The zero-order valence-corrected chi connectivity index (χ0v) is 12.6. The van der Waals surface area contributed by atoms with E-state index in [0.717, 1.165) is 19.6 Å². The number of nitrogens with one attached hydrogen (secondary N) is 1. The highest BCUT2D eigenvalue weighted by atomic mass is 14.9. The zero-order valence-electron chi connectivity index (χ0n) is 12.6. The number of unbranched alkanes of at least 4 members (excludes halogenated alkanes) is 1. The standard InChI is InChI=1S/C18H26N2/c1-3-12-19-13-8-7-9-16-15-20(14-4-2)18-11-6-5-10-17(16)18/h4-6,10-11,15,19H,2-3,7-9,12-14H2,1H3. The summed E-state index contributed by atoms with van der Waals surface area (Å²) < 4.78 is 2.30. The largest absolute Gasteiger partial charge is 0.343 e. The lowest BCUT2D eigenvalue weighted by Crippen LogP contribution is -2.15. The number of benzene rings is 1. The van der Waals surface area contributed by atoms with E-state index in [0.29, 0.717) is 0 Å². The maximum atomic E-state index is 3.85. The van der Waals surface area contributed by atoms with E-state index in [4.69, 9.17) is 0 Å². The third-order valence-corrected chi connectivity index (χ3v) is 3.67. The molecule has 0 saturated heterocycles. The van der Waals surface area contributed by atoms with E-state index in [2.05, 4.69) is 53.8 Å². The molecule has 0 unspecified atom stereocenters. The molecule has 0 saturated carbocycles. The Balaban J connectivity index is 1.97. The lowest BCUT2D eigenvalue weighted by atomic mass is 10.1. The van der Waals surface area contributed by atoms with Crippen molar-refractivity contribution < 1.29 is 0 Å². The summed E-state index contributed by atoms with van der Waals surface area (Å²) in [5, 5.41) is 4.86. The summed E-state index contributed by atoms with van der Waals surface area (Å²) >= 11 is 0. The monoisotopic (exact) mass is 270 g/mol. The first-order valence-corrected chi connectivity index (χ1v) is 7.75. The van der Waals surface area contributed by atoms with Crippen molar-refractivity contribution in [2.24, 2.45) is 0 Å². The molecule has 2 heteroatoms. The van der Waals surface area contributed by atoms with Crippen LogP contribution in [0.25, 0.3) is 10.9 Å². The van der Waals surface area contributed by atoms with E-state index in [1.165, 1.54) is 42.1 Å². The molecule has 0 radical (unpaired) electrons. The quantitative estimate of drug-likeness (QED) is 0.535. The first-order chi connectivity index (χ1) is 9.86. The van der Waals surface area contributed by atoms with Crippen LogP contribution in [0.1, 0.15) is 31.7 Å². The first kappa shape index (κ1) is 14.9. The summed E-state index contributed by atoms with van der Waals surface area (Å²) in [7, 11) is 0.